The van der Waals surface area contributed by atoms with E-state index in [0.29, 0.717) is 0 Å². The van der Waals surface area contributed by atoms with Crippen molar-refractivity contribution in [2.24, 2.45) is 0 Å². The highest BCUT2D eigenvalue weighted by Gasteiger charge is 2.15. The van der Waals surface area contributed by atoms with Crippen LogP contribution in [0.25, 0.3) is 11.3 Å². The van der Waals surface area contributed by atoms with Gasteiger partial charge in [-0.1, -0.05) is 41.4 Å². The zero-order valence-corrected chi connectivity index (χ0v) is 14.3. The molecular weight excluding hydrogens is 338 g/mol. The maximum absolute atomic E-state index is 6.21. The molecule has 20 heavy (non-hydrogen) atoms. The van der Waals surface area contributed by atoms with Crippen LogP contribution in [0.4, 0.5) is 0 Å². The summed E-state index contributed by atoms with van der Waals surface area (Å²) in [6, 6.07) is 8.25. The van der Waals surface area contributed by atoms with Gasteiger partial charge in [0.25, 0.3) is 0 Å². The zero-order valence-electron chi connectivity index (χ0n) is 12.0. The summed E-state index contributed by atoms with van der Waals surface area (Å²) in [4.78, 5) is 0. The number of furan rings is 1. The summed E-state index contributed by atoms with van der Waals surface area (Å²) in [5.74, 6) is 1.80. The standard InChI is InChI=1S/C16H19BrClNO/c1-4-14(19-5-2)16-7-6-15(20-16)11-9-13(18)10(3)8-12(11)17/h6-9,14,19H,4-5H2,1-3H3. The minimum absolute atomic E-state index is 0.258. The molecule has 0 saturated heterocycles. The van der Waals surface area contributed by atoms with Crippen molar-refractivity contribution >= 4 is 27.5 Å². The van der Waals surface area contributed by atoms with Crippen molar-refractivity contribution < 1.29 is 4.42 Å². The Kier molecular flexibility index (Phi) is 5.30. The lowest BCUT2D eigenvalue weighted by Gasteiger charge is -2.12. The molecule has 0 spiro atoms. The molecule has 1 aromatic carbocycles. The SMILES string of the molecule is CCNC(CC)c1ccc(-c2cc(Cl)c(C)cc2Br)o1. The maximum Gasteiger partial charge on any atom is 0.135 e. The molecule has 2 aromatic rings. The first-order valence-corrected chi connectivity index (χ1v) is 8.03. The van der Waals surface area contributed by atoms with E-state index < -0.39 is 0 Å². The van der Waals surface area contributed by atoms with Gasteiger partial charge in [0.1, 0.15) is 11.5 Å². The molecule has 0 radical (unpaired) electrons. The Hall–Kier alpha value is -0.770. The van der Waals surface area contributed by atoms with E-state index in [1.165, 1.54) is 0 Å². The molecule has 108 valence electrons. The summed E-state index contributed by atoms with van der Waals surface area (Å²) >= 11 is 9.79. The predicted octanol–water partition coefficient (Wildman–Crippen LogP) is 5.73. The quantitative estimate of drug-likeness (QED) is 0.740. The molecule has 1 heterocycles. The summed E-state index contributed by atoms with van der Waals surface area (Å²) in [5, 5.41) is 4.17. The highest BCUT2D eigenvalue weighted by Crippen LogP contribution is 2.35. The smallest absolute Gasteiger partial charge is 0.135 e. The van der Waals surface area contributed by atoms with Crippen molar-refractivity contribution in [1.29, 1.82) is 0 Å². The average molecular weight is 357 g/mol. The first-order valence-electron chi connectivity index (χ1n) is 6.85. The van der Waals surface area contributed by atoms with Gasteiger partial charge in [-0.25, -0.2) is 0 Å². The Morgan fingerprint density at radius 1 is 1.30 bits per heavy atom. The van der Waals surface area contributed by atoms with Gasteiger partial charge in [0.2, 0.25) is 0 Å². The van der Waals surface area contributed by atoms with Crippen LogP contribution in [0.15, 0.2) is 33.2 Å². The predicted molar refractivity (Wildman–Crippen MR) is 88.3 cm³/mol. The number of hydrogen-bond donors (Lipinski definition) is 1. The molecule has 0 amide bonds. The fraction of sp³-hybridized carbons (Fsp3) is 0.375. The molecule has 0 fully saturated rings. The van der Waals surface area contributed by atoms with Gasteiger partial charge in [-0.05, 0) is 49.7 Å². The molecule has 2 rings (SSSR count). The molecular formula is C16H19BrClNO. The molecule has 0 aliphatic rings. The molecule has 4 heteroatoms. The number of benzene rings is 1. The van der Waals surface area contributed by atoms with Gasteiger partial charge in [-0.2, -0.15) is 0 Å². The molecule has 0 saturated carbocycles. The Bertz CT molecular complexity index is 594. The summed E-state index contributed by atoms with van der Waals surface area (Å²) in [6.07, 6.45) is 0.997. The molecule has 0 aliphatic carbocycles. The van der Waals surface area contributed by atoms with Gasteiger partial charge < -0.3 is 9.73 Å². The summed E-state index contributed by atoms with van der Waals surface area (Å²) in [6.45, 7) is 7.16. The largest absolute Gasteiger partial charge is 0.459 e. The van der Waals surface area contributed by atoms with Crippen LogP contribution in [0.1, 0.15) is 37.6 Å². The van der Waals surface area contributed by atoms with E-state index in [1.807, 2.05) is 31.2 Å². The molecule has 1 atom stereocenters. The van der Waals surface area contributed by atoms with E-state index in [1.54, 1.807) is 0 Å². The van der Waals surface area contributed by atoms with Gasteiger partial charge >= 0.3 is 0 Å². The summed E-state index contributed by atoms with van der Waals surface area (Å²) < 4.78 is 7.00. The number of hydrogen-bond acceptors (Lipinski definition) is 2. The molecule has 1 aromatic heterocycles. The second-order valence-corrected chi connectivity index (χ2v) is 6.06. The molecule has 1 unspecified atom stereocenters. The minimum Gasteiger partial charge on any atom is -0.459 e. The van der Waals surface area contributed by atoms with Crippen LogP contribution >= 0.6 is 27.5 Å². The maximum atomic E-state index is 6.21. The van der Waals surface area contributed by atoms with Gasteiger partial charge in [0.05, 0.1) is 6.04 Å². The second-order valence-electron chi connectivity index (χ2n) is 4.80. The zero-order chi connectivity index (χ0) is 14.7. The number of halogens is 2. The van der Waals surface area contributed by atoms with Gasteiger partial charge in [0.15, 0.2) is 0 Å². The van der Waals surface area contributed by atoms with Crippen molar-refractivity contribution in [3.8, 4) is 11.3 Å². The number of rotatable bonds is 5. The summed E-state index contributed by atoms with van der Waals surface area (Å²) in [5.41, 5.74) is 2.03. The van der Waals surface area contributed by atoms with Crippen molar-refractivity contribution in [2.45, 2.75) is 33.2 Å². The lowest BCUT2D eigenvalue weighted by molar-refractivity contribution is 0.417. The fourth-order valence-corrected chi connectivity index (χ4v) is 3.03. The Morgan fingerprint density at radius 3 is 2.70 bits per heavy atom. The highest BCUT2D eigenvalue weighted by atomic mass is 79.9. The lowest BCUT2D eigenvalue weighted by atomic mass is 10.1. The minimum atomic E-state index is 0.258. The van der Waals surface area contributed by atoms with Crippen LogP contribution in [0.3, 0.4) is 0 Å². The van der Waals surface area contributed by atoms with E-state index in [4.69, 9.17) is 16.0 Å². The van der Waals surface area contributed by atoms with E-state index >= 15 is 0 Å². The van der Waals surface area contributed by atoms with E-state index in [9.17, 15) is 0 Å². The van der Waals surface area contributed by atoms with Crippen LogP contribution in [0.2, 0.25) is 5.02 Å². The van der Waals surface area contributed by atoms with Gasteiger partial charge in [0, 0.05) is 15.1 Å². The molecule has 2 nitrogen and oxygen atoms in total. The lowest BCUT2D eigenvalue weighted by Crippen LogP contribution is -2.19. The first kappa shape index (κ1) is 15.6. The van der Waals surface area contributed by atoms with Crippen LogP contribution in [-0.4, -0.2) is 6.54 Å². The van der Waals surface area contributed by atoms with E-state index in [-0.39, 0.29) is 6.04 Å². The Balaban J connectivity index is 2.35. The Morgan fingerprint density at radius 2 is 2.05 bits per heavy atom. The van der Waals surface area contributed by atoms with Crippen molar-refractivity contribution in [3.63, 3.8) is 0 Å². The third-order valence-electron chi connectivity index (χ3n) is 3.34. The van der Waals surface area contributed by atoms with Crippen molar-refractivity contribution in [3.05, 3.63) is 45.1 Å². The normalized spacial score (nSPS) is 12.7. The molecule has 0 aliphatic heterocycles. The molecule has 1 N–H and O–H groups in total. The van der Waals surface area contributed by atoms with Crippen LogP contribution in [0.5, 0.6) is 0 Å². The Labute approximate surface area is 133 Å². The topological polar surface area (TPSA) is 25.2 Å². The summed E-state index contributed by atoms with van der Waals surface area (Å²) in [7, 11) is 0. The van der Waals surface area contributed by atoms with Gasteiger partial charge in [-0.15, -0.1) is 0 Å². The first-order chi connectivity index (χ1) is 9.56. The highest BCUT2D eigenvalue weighted by molar-refractivity contribution is 9.10. The third kappa shape index (κ3) is 3.27. The fourth-order valence-electron chi connectivity index (χ4n) is 2.21. The van der Waals surface area contributed by atoms with Crippen LogP contribution in [0, 0.1) is 6.92 Å². The van der Waals surface area contributed by atoms with Crippen LogP contribution in [-0.2, 0) is 0 Å². The third-order valence-corrected chi connectivity index (χ3v) is 4.41. The van der Waals surface area contributed by atoms with Crippen molar-refractivity contribution in [2.75, 3.05) is 6.54 Å². The molecule has 0 bridgehead atoms. The van der Waals surface area contributed by atoms with Crippen molar-refractivity contribution in [1.82, 2.24) is 5.32 Å². The van der Waals surface area contributed by atoms with E-state index in [0.717, 1.165) is 45.1 Å². The van der Waals surface area contributed by atoms with E-state index in [2.05, 4.69) is 35.1 Å². The average Bonchev–Trinajstić information content (AvgIpc) is 2.89. The van der Waals surface area contributed by atoms with Gasteiger partial charge in [-0.3, -0.25) is 0 Å². The monoisotopic (exact) mass is 355 g/mol. The van der Waals surface area contributed by atoms with Crippen LogP contribution < -0.4 is 5.32 Å². The number of nitrogens with one attached hydrogen (secondary N) is 1. The number of aryl methyl sites for hydroxylation is 1. The second kappa shape index (κ2) is 6.79.